The predicted molar refractivity (Wildman–Crippen MR) is 122 cm³/mol. The largest absolute Gasteiger partial charge is 0.333 e. The molecule has 2 heterocycles. The Hall–Kier alpha value is -3.92. The first kappa shape index (κ1) is 18.1. The Kier molecular flexibility index (Phi) is 4.52. The van der Waals surface area contributed by atoms with Gasteiger partial charge in [-0.05, 0) is 6.07 Å². The molecule has 0 saturated heterocycles. The van der Waals surface area contributed by atoms with E-state index in [0.29, 0.717) is 0 Å². The van der Waals surface area contributed by atoms with E-state index in [-0.39, 0.29) is 0 Å². The Morgan fingerprint density at radius 1 is 0.500 bits per heavy atom. The number of benzene rings is 3. The van der Waals surface area contributed by atoms with Gasteiger partial charge in [0.05, 0.1) is 11.4 Å². The van der Waals surface area contributed by atoms with E-state index in [1.54, 1.807) is 0 Å². The van der Waals surface area contributed by atoms with E-state index in [1.165, 1.54) is 0 Å². The van der Waals surface area contributed by atoms with Gasteiger partial charge in [0.1, 0.15) is 11.6 Å². The van der Waals surface area contributed by atoms with Crippen molar-refractivity contribution < 1.29 is 0 Å². The van der Waals surface area contributed by atoms with Crippen LogP contribution in [0.3, 0.4) is 0 Å². The van der Waals surface area contributed by atoms with Crippen molar-refractivity contribution >= 4 is 0 Å². The summed E-state index contributed by atoms with van der Waals surface area (Å²) in [5.74, 6) is 1.88. The van der Waals surface area contributed by atoms with Gasteiger partial charge in [-0.15, -0.1) is 0 Å². The van der Waals surface area contributed by atoms with Crippen LogP contribution in [0.1, 0.15) is 0 Å². The van der Waals surface area contributed by atoms with Gasteiger partial charge in [-0.3, -0.25) is 0 Å². The van der Waals surface area contributed by atoms with E-state index in [9.17, 15) is 0 Å². The van der Waals surface area contributed by atoms with Crippen molar-refractivity contribution in [1.29, 1.82) is 0 Å². The molecular weight excluding hydrogens is 368 g/mol. The van der Waals surface area contributed by atoms with Crippen LogP contribution in [0.25, 0.3) is 45.3 Å². The second-order valence-electron chi connectivity index (χ2n) is 7.43. The minimum Gasteiger partial charge on any atom is -0.333 e. The number of hydrogen-bond donors (Lipinski definition) is 0. The Labute approximate surface area is 176 Å². The maximum Gasteiger partial charge on any atom is 0.140 e. The molecule has 2 aromatic heterocycles. The van der Waals surface area contributed by atoms with E-state index in [2.05, 4.69) is 70.1 Å². The van der Waals surface area contributed by atoms with Gasteiger partial charge in [0.15, 0.2) is 0 Å². The van der Waals surface area contributed by atoms with E-state index >= 15 is 0 Å². The molecule has 0 N–H and O–H groups in total. The molecule has 5 aromatic rings. The van der Waals surface area contributed by atoms with Crippen LogP contribution in [0.5, 0.6) is 0 Å². The maximum atomic E-state index is 4.90. The quantitative estimate of drug-likeness (QED) is 0.387. The van der Waals surface area contributed by atoms with Crippen LogP contribution in [0.2, 0.25) is 0 Å². The lowest BCUT2D eigenvalue weighted by Crippen LogP contribution is -1.94. The highest BCUT2D eigenvalue weighted by Gasteiger charge is 2.13. The molecule has 0 fully saturated rings. The van der Waals surface area contributed by atoms with Gasteiger partial charge in [0.25, 0.3) is 0 Å². The highest BCUT2D eigenvalue weighted by atomic mass is 15.1. The Bertz CT molecular complexity index is 1200. The second kappa shape index (κ2) is 7.48. The second-order valence-corrected chi connectivity index (χ2v) is 7.43. The lowest BCUT2D eigenvalue weighted by Gasteiger charge is -2.05. The third-order valence-electron chi connectivity index (χ3n) is 5.27. The number of nitrogens with zero attached hydrogens (tertiary/aromatic N) is 4. The molecule has 4 nitrogen and oxygen atoms in total. The number of hydrogen-bond acceptors (Lipinski definition) is 2. The van der Waals surface area contributed by atoms with Crippen LogP contribution in [0.15, 0.2) is 97.3 Å². The van der Waals surface area contributed by atoms with Crippen molar-refractivity contribution in [3.05, 3.63) is 97.3 Å². The van der Waals surface area contributed by atoms with Crippen LogP contribution in [0, 0.1) is 0 Å². The highest BCUT2D eigenvalue weighted by Crippen LogP contribution is 2.29. The summed E-state index contributed by atoms with van der Waals surface area (Å²) in [4.78, 5) is 9.79. The van der Waals surface area contributed by atoms with Crippen molar-refractivity contribution in [3.8, 4) is 45.3 Å². The number of imidazole rings is 2. The van der Waals surface area contributed by atoms with Crippen molar-refractivity contribution in [1.82, 2.24) is 19.1 Å². The summed E-state index contributed by atoms with van der Waals surface area (Å²) in [6.45, 7) is 0. The van der Waals surface area contributed by atoms with Crippen molar-refractivity contribution in [2.75, 3.05) is 0 Å². The zero-order valence-electron chi connectivity index (χ0n) is 17.0. The molecular formula is C26H22N4. The van der Waals surface area contributed by atoms with Crippen LogP contribution in [0.4, 0.5) is 0 Å². The van der Waals surface area contributed by atoms with E-state index in [0.717, 1.165) is 45.3 Å². The standard InChI is InChI=1S/C26H22N4/c1-29-17-23(19-10-5-3-6-11-19)27-25(29)21-14-9-15-22(16-21)26-28-24(18-30(26)2)20-12-7-4-8-13-20/h3-18H,1-2H3. The summed E-state index contributed by atoms with van der Waals surface area (Å²) in [6, 6.07) is 29.0. The van der Waals surface area contributed by atoms with E-state index < -0.39 is 0 Å². The Morgan fingerprint density at radius 2 is 0.900 bits per heavy atom. The molecule has 146 valence electrons. The van der Waals surface area contributed by atoms with E-state index in [1.807, 2.05) is 50.5 Å². The molecule has 0 atom stereocenters. The molecule has 0 saturated carbocycles. The van der Waals surface area contributed by atoms with Crippen molar-refractivity contribution in [2.45, 2.75) is 0 Å². The fourth-order valence-electron chi connectivity index (χ4n) is 3.76. The summed E-state index contributed by atoms with van der Waals surface area (Å²) in [5.41, 5.74) is 6.32. The minimum atomic E-state index is 0.938. The lowest BCUT2D eigenvalue weighted by molar-refractivity contribution is 0.920. The van der Waals surface area contributed by atoms with Crippen LogP contribution >= 0.6 is 0 Å². The van der Waals surface area contributed by atoms with Crippen molar-refractivity contribution in [2.24, 2.45) is 14.1 Å². The summed E-state index contributed by atoms with van der Waals surface area (Å²) in [7, 11) is 4.07. The highest BCUT2D eigenvalue weighted by molar-refractivity contribution is 5.71. The molecule has 0 amide bonds. The first-order chi connectivity index (χ1) is 14.7. The molecule has 0 aliphatic rings. The molecule has 0 aliphatic carbocycles. The van der Waals surface area contributed by atoms with Gasteiger partial charge in [0, 0.05) is 48.7 Å². The minimum absolute atomic E-state index is 0.938. The molecule has 30 heavy (non-hydrogen) atoms. The van der Waals surface area contributed by atoms with E-state index in [4.69, 9.17) is 9.97 Å². The molecule has 0 aliphatic heterocycles. The smallest absolute Gasteiger partial charge is 0.140 e. The summed E-state index contributed by atoms with van der Waals surface area (Å²) in [5, 5.41) is 0. The fraction of sp³-hybridized carbons (Fsp3) is 0.0769. The maximum absolute atomic E-state index is 4.90. The van der Waals surface area contributed by atoms with Gasteiger partial charge in [-0.1, -0.05) is 78.9 Å². The predicted octanol–water partition coefficient (Wildman–Crippen LogP) is 5.82. The Balaban J connectivity index is 1.53. The van der Waals surface area contributed by atoms with Crippen molar-refractivity contribution in [3.63, 3.8) is 0 Å². The summed E-state index contributed by atoms with van der Waals surface area (Å²) in [6.07, 6.45) is 4.15. The van der Waals surface area contributed by atoms with Gasteiger partial charge in [0.2, 0.25) is 0 Å². The third-order valence-corrected chi connectivity index (χ3v) is 5.27. The summed E-state index contributed by atoms with van der Waals surface area (Å²) >= 11 is 0. The number of aromatic nitrogens is 4. The van der Waals surface area contributed by atoms with Crippen LogP contribution in [-0.2, 0) is 14.1 Å². The molecule has 0 radical (unpaired) electrons. The van der Waals surface area contributed by atoms with Crippen LogP contribution in [-0.4, -0.2) is 19.1 Å². The lowest BCUT2D eigenvalue weighted by atomic mass is 10.1. The zero-order valence-corrected chi connectivity index (χ0v) is 17.0. The molecule has 0 bridgehead atoms. The SMILES string of the molecule is Cn1cc(-c2ccccc2)nc1-c1cccc(-c2nc(-c3ccccc3)cn2C)c1. The molecule has 0 spiro atoms. The first-order valence-electron chi connectivity index (χ1n) is 9.97. The molecule has 5 rings (SSSR count). The monoisotopic (exact) mass is 390 g/mol. The fourth-order valence-corrected chi connectivity index (χ4v) is 3.76. The average molecular weight is 390 g/mol. The zero-order chi connectivity index (χ0) is 20.5. The van der Waals surface area contributed by atoms with Crippen LogP contribution < -0.4 is 0 Å². The normalized spacial score (nSPS) is 11.0. The molecule has 3 aromatic carbocycles. The van der Waals surface area contributed by atoms with Gasteiger partial charge in [-0.25, -0.2) is 9.97 Å². The van der Waals surface area contributed by atoms with Gasteiger partial charge >= 0.3 is 0 Å². The average Bonchev–Trinajstić information content (AvgIpc) is 3.38. The third kappa shape index (κ3) is 3.33. The van der Waals surface area contributed by atoms with Gasteiger partial charge < -0.3 is 9.13 Å². The summed E-state index contributed by atoms with van der Waals surface area (Å²) < 4.78 is 4.16. The number of rotatable bonds is 4. The topological polar surface area (TPSA) is 35.6 Å². The Morgan fingerprint density at radius 3 is 1.33 bits per heavy atom. The molecule has 0 unspecified atom stereocenters. The molecule has 4 heteroatoms. The first-order valence-corrected chi connectivity index (χ1v) is 9.97. The van der Waals surface area contributed by atoms with Gasteiger partial charge in [-0.2, -0.15) is 0 Å². The number of aryl methyl sites for hydroxylation is 2.